The molecule has 0 amide bonds. The Bertz CT molecular complexity index is 936. The zero-order valence-corrected chi connectivity index (χ0v) is 16.1. The third kappa shape index (κ3) is 3.73. The summed E-state index contributed by atoms with van der Waals surface area (Å²) >= 11 is 0. The van der Waals surface area contributed by atoms with E-state index < -0.39 is 17.6 Å². The van der Waals surface area contributed by atoms with Gasteiger partial charge >= 0.3 is 0 Å². The van der Waals surface area contributed by atoms with Gasteiger partial charge in [-0.1, -0.05) is 121 Å². The summed E-state index contributed by atoms with van der Waals surface area (Å²) in [5, 5.41) is 23.9. The largest absolute Gasteiger partial charge is 0.388 e. The van der Waals surface area contributed by atoms with Crippen molar-refractivity contribution in [2.24, 2.45) is 0 Å². The normalized spacial score (nSPS) is 12.7. The molecule has 0 heterocycles. The molecule has 0 radical (unpaired) electrons. The van der Waals surface area contributed by atoms with E-state index in [2.05, 4.69) is 0 Å². The highest BCUT2D eigenvalue weighted by Crippen LogP contribution is 2.41. The van der Waals surface area contributed by atoms with Gasteiger partial charge in [0.25, 0.3) is 0 Å². The van der Waals surface area contributed by atoms with E-state index in [0.29, 0.717) is 11.1 Å². The summed E-state index contributed by atoms with van der Waals surface area (Å²) in [6.07, 6.45) is -1.10. The van der Waals surface area contributed by atoms with E-state index in [1.54, 1.807) is 0 Å². The van der Waals surface area contributed by atoms with Crippen molar-refractivity contribution in [2.75, 3.05) is 0 Å². The van der Waals surface area contributed by atoms with Crippen molar-refractivity contribution in [2.45, 2.75) is 17.6 Å². The van der Waals surface area contributed by atoms with Crippen LogP contribution in [0.15, 0.2) is 121 Å². The van der Waals surface area contributed by atoms with Gasteiger partial charge in [-0.25, -0.2) is 0 Å². The molecule has 2 N–H and O–H groups in total. The summed E-state index contributed by atoms with van der Waals surface area (Å²) in [6, 6.07) is 38.6. The highest BCUT2D eigenvalue weighted by atomic mass is 16.3. The number of hydrogen-bond donors (Lipinski definition) is 2. The van der Waals surface area contributed by atoms with E-state index in [-0.39, 0.29) is 0 Å². The molecule has 0 aliphatic carbocycles. The van der Waals surface area contributed by atoms with Crippen molar-refractivity contribution in [3.05, 3.63) is 144 Å². The average molecular weight is 380 g/mol. The Labute approximate surface area is 171 Å². The summed E-state index contributed by atoms with van der Waals surface area (Å²) in [5.74, 6) is -0.400. The van der Waals surface area contributed by atoms with Crippen molar-refractivity contribution in [3.63, 3.8) is 0 Å². The van der Waals surface area contributed by atoms with E-state index in [1.807, 2.05) is 121 Å². The average Bonchev–Trinajstić information content (AvgIpc) is 2.81. The number of aliphatic hydroxyl groups excluding tert-OH is 1. The van der Waals surface area contributed by atoms with Crippen LogP contribution in [0.5, 0.6) is 0 Å². The van der Waals surface area contributed by atoms with Crippen molar-refractivity contribution in [1.29, 1.82) is 0 Å². The van der Waals surface area contributed by atoms with Gasteiger partial charge in [-0.15, -0.1) is 0 Å². The van der Waals surface area contributed by atoms with Gasteiger partial charge in [-0.3, -0.25) is 0 Å². The van der Waals surface area contributed by atoms with E-state index >= 15 is 0 Å². The zero-order valence-electron chi connectivity index (χ0n) is 16.1. The van der Waals surface area contributed by atoms with Crippen molar-refractivity contribution in [1.82, 2.24) is 0 Å². The van der Waals surface area contributed by atoms with Crippen molar-refractivity contribution < 1.29 is 10.2 Å². The molecular formula is C27H24O2. The molecule has 1 atom stereocenters. The Kier molecular flexibility index (Phi) is 5.57. The maximum Gasteiger partial charge on any atom is 0.141 e. The fourth-order valence-electron chi connectivity index (χ4n) is 4.01. The smallest absolute Gasteiger partial charge is 0.141 e. The first-order chi connectivity index (χ1) is 14.2. The molecule has 29 heavy (non-hydrogen) atoms. The quantitative estimate of drug-likeness (QED) is 0.488. The van der Waals surface area contributed by atoms with E-state index in [4.69, 9.17) is 0 Å². The van der Waals surface area contributed by atoms with Crippen LogP contribution >= 0.6 is 0 Å². The molecule has 0 aromatic heterocycles. The molecule has 0 saturated carbocycles. The predicted molar refractivity (Wildman–Crippen MR) is 117 cm³/mol. The van der Waals surface area contributed by atoms with Crippen LogP contribution in [0.1, 0.15) is 28.2 Å². The van der Waals surface area contributed by atoms with E-state index in [1.165, 1.54) is 0 Å². The molecule has 0 bridgehead atoms. The monoisotopic (exact) mass is 380 g/mol. The molecular weight excluding hydrogens is 356 g/mol. The standard InChI is InChI=1S/C27H24O2/c28-26(25(21-13-5-1-6-14-21)22-15-7-2-8-16-22)27(29,23-17-9-3-10-18-23)24-19-11-4-12-20-24/h1-20,25-26,28-29H. The number of aliphatic hydroxyl groups is 2. The van der Waals surface area contributed by atoms with Gasteiger partial charge < -0.3 is 10.2 Å². The van der Waals surface area contributed by atoms with Gasteiger partial charge in [0, 0.05) is 5.92 Å². The maximum atomic E-state index is 12.1. The molecule has 2 nitrogen and oxygen atoms in total. The minimum Gasteiger partial charge on any atom is -0.388 e. The first kappa shape index (κ1) is 19.1. The summed E-state index contributed by atoms with van der Waals surface area (Å²) < 4.78 is 0. The van der Waals surface area contributed by atoms with E-state index in [0.717, 1.165) is 11.1 Å². The lowest BCUT2D eigenvalue weighted by Crippen LogP contribution is -2.44. The second-order valence-corrected chi connectivity index (χ2v) is 7.24. The summed E-state index contributed by atoms with van der Waals surface area (Å²) in [4.78, 5) is 0. The molecule has 0 saturated heterocycles. The van der Waals surface area contributed by atoms with Crippen molar-refractivity contribution in [3.8, 4) is 0 Å². The summed E-state index contributed by atoms with van der Waals surface area (Å²) in [5.41, 5.74) is 1.66. The third-order valence-corrected chi connectivity index (χ3v) is 5.49. The van der Waals surface area contributed by atoms with Crippen LogP contribution in [-0.2, 0) is 5.60 Å². The summed E-state index contributed by atoms with van der Waals surface area (Å²) in [6.45, 7) is 0. The van der Waals surface area contributed by atoms with Gasteiger partial charge in [-0.05, 0) is 22.3 Å². The third-order valence-electron chi connectivity index (χ3n) is 5.49. The van der Waals surface area contributed by atoms with Crippen LogP contribution in [-0.4, -0.2) is 16.3 Å². The molecule has 144 valence electrons. The zero-order chi connectivity index (χ0) is 20.1. The molecule has 0 aliphatic rings. The molecule has 4 rings (SSSR count). The fraction of sp³-hybridized carbons (Fsp3) is 0.111. The highest BCUT2D eigenvalue weighted by Gasteiger charge is 2.44. The molecule has 0 aliphatic heterocycles. The molecule has 4 aromatic carbocycles. The molecule has 0 fully saturated rings. The first-order valence-corrected chi connectivity index (χ1v) is 9.82. The Hall–Kier alpha value is -3.20. The van der Waals surface area contributed by atoms with Gasteiger partial charge in [0.1, 0.15) is 11.7 Å². The predicted octanol–water partition coefficient (Wildman–Crippen LogP) is 5.12. The van der Waals surface area contributed by atoms with Crippen LogP contribution in [0.4, 0.5) is 0 Å². The summed E-state index contributed by atoms with van der Waals surface area (Å²) in [7, 11) is 0. The highest BCUT2D eigenvalue weighted by molar-refractivity contribution is 5.43. The minimum absolute atomic E-state index is 0.400. The Morgan fingerprint density at radius 3 is 1.14 bits per heavy atom. The second kappa shape index (κ2) is 8.44. The van der Waals surface area contributed by atoms with Crippen LogP contribution in [0.3, 0.4) is 0 Å². The first-order valence-electron chi connectivity index (χ1n) is 9.82. The van der Waals surface area contributed by atoms with Gasteiger partial charge in [-0.2, -0.15) is 0 Å². The molecule has 1 unspecified atom stereocenters. The Morgan fingerprint density at radius 2 is 0.793 bits per heavy atom. The van der Waals surface area contributed by atoms with Crippen LogP contribution in [0.25, 0.3) is 0 Å². The Morgan fingerprint density at radius 1 is 0.483 bits per heavy atom. The van der Waals surface area contributed by atoms with Crippen molar-refractivity contribution >= 4 is 0 Å². The fourth-order valence-corrected chi connectivity index (χ4v) is 4.01. The SMILES string of the molecule is OC(C(c1ccccc1)c1ccccc1)C(O)(c1ccccc1)c1ccccc1. The number of rotatable bonds is 6. The minimum atomic E-state index is -1.57. The number of benzene rings is 4. The van der Waals surface area contributed by atoms with Gasteiger partial charge in [0.2, 0.25) is 0 Å². The topological polar surface area (TPSA) is 40.5 Å². The Balaban J connectivity index is 1.91. The van der Waals surface area contributed by atoms with Crippen LogP contribution < -0.4 is 0 Å². The van der Waals surface area contributed by atoms with E-state index in [9.17, 15) is 10.2 Å². The molecule has 4 aromatic rings. The van der Waals surface area contributed by atoms with Crippen LogP contribution in [0.2, 0.25) is 0 Å². The van der Waals surface area contributed by atoms with Crippen LogP contribution in [0, 0.1) is 0 Å². The lowest BCUT2D eigenvalue weighted by molar-refractivity contribution is -0.0572. The lowest BCUT2D eigenvalue weighted by Gasteiger charge is -2.39. The number of hydrogen-bond acceptors (Lipinski definition) is 2. The second-order valence-electron chi connectivity index (χ2n) is 7.24. The lowest BCUT2D eigenvalue weighted by atomic mass is 9.72. The van der Waals surface area contributed by atoms with Gasteiger partial charge in [0.05, 0.1) is 0 Å². The molecule has 2 heteroatoms. The maximum absolute atomic E-state index is 12.1. The van der Waals surface area contributed by atoms with Gasteiger partial charge in [0.15, 0.2) is 0 Å². The molecule has 0 spiro atoms.